The van der Waals surface area contributed by atoms with Crippen LogP contribution < -0.4 is 4.89 Å². The van der Waals surface area contributed by atoms with E-state index >= 15 is 0 Å². The molecule has 0 aromatic rings. The van der Waals surface area contributed by atoms with Crippen LogP contribution in [0.15, 0.2) is 24.3 Å². The largest absolute Gasteiger partial charge is 0.756 e. The van der Waals surface area contributed by atoms with Gasteiger partial charge in [-0.25, -0.2) is 0 Å². The highest BCUT2D eigenvalue weighted by molar-refractivity contribution is 7.45. The number of phosphoric acid groups is 1. The van der Waals surface area contributed by atoms with Crippen molar-refractivity contribution in [3.8, 4) is 0 Å². The molecule has 2 unspecified atom stereocenters. The summed E-state index contributed by atoms with van der Waals surface area (Å²) in [5, 5.41) is 0. The molecular weight excluding hydrogens is 878 g/mol. The molecule has 0 spiro atoms. The van der Waals surface area contributed by atoms with E-state index < -0.39 is 13.9 Å². The van der Waals surface area contributed by atoms with E-state index in [9.17, 15) is 14.3 Å². The van der Waals surface area contributed by atoms with Gasteiger partial charge in [0.2, 0.25) is 0 Å². The number of quaternary nitrogens is 1. The summed E-state index contributed by atoms with van der Waals surface area (Å²) in [5.41, 5.74) is 0. The Hall–Kier alpha value is -1.02. The lowest BCUT2D eigenvalue weighted by Crippen LogP contribution is -2.37. The van der Waals surface area contributed by atoms with Crippen LogP contribution in [0.25, 0.3) is 0 Å². The minimum atomic E-state index is -4.53. The molecule has 0 saturated carbocycles. The monoisotopic (exact) mass is 996 g/mol. The predicted octanol–water partition coefficient (Wildman–Crippen LogP) is 18.4. The number of phosphoric ester groups is 1. The van der Waals surface area contributed by atoms with Crippen molar-refractivity contribution in [2.75, 3.05) is 54.1 Å². The minimum Gasteiger partial charge on any atom is -0.756 e. The summed E-state index contributed by atoms with van der Waals surface area (Å²) in [4.78, 5) is 25.3. The highest BCUT2D eigenvalue weighted by Gasteiger charge is 2.20. The lowest BCUT2D eigenvalue weighted by Gasteiger charge is -2.28. The first-order valence-electron chi connectivity index (χ1n) is 30.1. The van der Waals surface area contributed by atoms with Crippen molar-refractivity contribution in [3.63, 3.8) is 0 Å². The molecule has 0 aliphatic rings. The van der Waals surface area contributed by atoms with Gasteiger partial charge in [-0.2, -0.15) is 0 Å². The summed E-state index contributed by atoms with van der Waals surface area (Å²) in [6.45, 7) is 5.48. The first-order valence-corrected chi connectivity index (χ1v) is 31.5. The van der Waals surface area contributed by atoms with Crippen LogP contribution in [0.2, 0.25) is 0 Å². The molecule has 0 aliphatic heterocycles. The molecule has 0 aliphatic carbocycles. The van der Waals surface area contributed by atoms with Gasteiger partial charge in [0.15, 0.2) is 0 Å². The molecule has 0 rings (SSSR count). The molecule has 0 radical (unpaired) electrons. The average molecular weight is 997 g/mol. The highest BCUT2D eigenvalue weighted by atomic mass is 31.2. The van der Waals surface area contributed by atoms with Crippen molar-refractivity contribution in [2.45, 2.75) is 302 Å². The summed E-state index contributed by atoms with van der Waals surface area (Å²) in [7, 11) is 1.37. The molecule has 0 saturated heterocycles. The summed E-state index contributed by atoms with van der Waals surface area (Å²) < 4.78 is 34.9. The second-order valence-corrected chi connectivity index (χ2v) is 23.1. The maximum Gasteiger partial charge on any atom is 0.306 e. The Bertz CT molecular complexity index is 1160. The van der Waals surface area contributed by atoms with E-state index in [4.69, 9.17) is 18.5 Å². The molecule has 0 N–H and O–H groups in total. The van der Waals surface area contributed by atoms with Gasteiger partial charge >= 0.3 is 5.97 Å². The molecule has 0 aromatic carbocycles. The van der Waals surface area contributed by atoms with Gasteiger partial charge in [0.1, 0.15) is 19.3 Å². The Morgan fingerprint density at radius 3 is 1.17 bits per heavy atom. The summed E-state index contributed by atoms with van der Waals surface area (Å²) in [6, 6.07) is 0. The Kier molecular flexibility index (Phi) is 52.5. The maximum atomic E-state index is 12.8. The van der Waals surface area contributed by atoms with Crippen molar-refractivity contribution in [1.82, 2.24) is 0 Å². The summed E-state index contributed by atoms with van der Waals surface area (Å²) >= 11 is 0. The number of allylic oxidation sites excluding steroid dienone is 4. The van der Waals surface area contributed by atoms with Gasteiger partial charge in [0.05, 0.1) is 34.4 Å². The molecular formula is C60H118NO7P. The van der Waals surface area contributed by atoms with Gasteiger partial charge in [0, 0.05) is 13.0 Å². The summed E-state index contributed by atoms with van der Waals surface area (Å²) in [6.07, 6.45) is 65.1. The van der Waals surface area contributed by atoms with E-state index in [1.807, 2.05) is 21.1 Å². The molecule has 0 heterocycles. The smallest absolute Gasteiger partial charge is 0.306 e. The molecule has 0 fully saturated rings. The second kappa shape index (κ2) is 53.3. The fourth-order valence-corrected chi connectivity index (χ4v) is 9.60. The van der Waals surface area contributed by atoms with Crippen molar-refractivity contribution in [1.29, 1.82) is 0 Å². The SMILES string of the molecule is CCCCCCC/C=C\C/C=C\CCCCCCCCCCCCCCCCOCC(COP(=O)([O-])OCC[N+](C)(C)C)OC(=O)CCCCCCCCCCCCCCCCCCCCCCC. The Morgan fingerprint density at radius 2 is 0.797 bits per heavy atom. The number of unbranched alkanes of at least 4 members (excludes halogenated alkanes) is 39. The fraction of sp³-hybridized carbons (Fsp3) is 0.917. The Labute approximate surface area is 430 Å². The van der Waals surface area contributed by atoms with Crippen LogP contribution in [0.4, 0.5) is 0 Å². The lowest BCUT2D eigenvalue weighted by atomic mass is 10.0. The topological polar surface area (TPSA) is 94.1 Å². The average Bonchev–Trinajstić information content (AvgIpc) is 3.31. The molecule has 8 nitrogen and oxygen atoms in total. The molecule has 0 amide bonds. The van der Waals surface area contributed by atoms with Crippen molar-refractivity contribution in [3.05, 3.63) is 24.3 Å². The van der Waals surface area contributed by atoms with Crippen LogP contribution in [0.5, 0.6) is 0 Å². The van der Waals surface area contributed by atoms with Crippen LogP contribution in [0, 0.1) is 0 Å². The van der Waals surface area contributed by atoms with Gasteiger partial charge < -0.3 is 27.9 Å². The highest BCUT2D eigenvalue weighted by Crippen LogP contribution is 2.38. The number of nitrogens with zero attached hydrogens (tertiary/aromatic N) is 1. The zero-order valence-corrected chi connectivity index (χ0v) is 47.7. The standard InChI is InChI=1S/C60H118NO7P/c1-6-8-10-12-14-16-18-20-22-24-26-28-29-30-31-32-34-36-38-40-42-44-46-48-50-52-55-65-57-59(58-67-69(63,64)66-56-54-61(3,4)5)68-60(62)53-51-49-47-45-43-41-39-37-35-33-27-25-23-21-19-17-15-13-11-9-7-2/h18,20,24,26,59H,6-17,19,21-23,25,27-58H2,1-5H3/b20-18-,26-24-. The first-order chi connectivity index (χ1) is 33.6. The van der Waals surface area contributed by atoms with Gasteiger partial charge in [-0.1, -0.05) is 269 Å². The third kappa shape index (κ3) is 57.8. The van der Waals surface area contributed by atoms with E-state index in [1.165, 1.54) is 238 Å². The number of carbonyl (C=O) groups excluding carboxylic acids is 1. The molecule has 69 heavy (non-hydrogen) atoms. The van der Waals surface area contributed by atoms with E-state index in [1.54, 1.807) is 0 Å². The molecule has 0 aromatic heterocycles. The number of carbonyl (C=O) groups is 1. The predicted molar refractivity (Wildman–Crippen MR) is 296 cm³/mol. The van der Waals surface area contributed by atoms with E-state index in [-0.39, 0.29) is 25.8 Å². The molecule has 2 atom stereocenters. The van der Waals surface area contributed by atoms with Crippen LogP contribution >= 0.6 is 7.82 Å². The Balaban J connectivity index is 4.00. The van der Waals surface area contributed by atoms with Crippen LogP contribution in [-0.2, 0) is 27.9 Å². The van der Waals surface area contributed by atoms with Gasteiger partial charge in [0.25, 0.3) is 7.82 Å². The number of hydrogen-bond acceptors (Lipinski definition) is 7. The number of likely N-dealkylation sites (N-methyl/N-ethyl adjacent to an activating group) is 1. The van der Waals surface area contributed by atoms with Crippen molar-refractivity contribution in [2.24, 2.45) is 0 Å². The van der Waals surface area contributed by atoms with Crippen molar-refractivity contribution < 1.29 is 37.3 Å². The number of rotatable bonds is 57. The quantitative estimate of drug-likeness (QED) is 0.0197. The fourth-order valence-electron chi connectivity index (χ4n) is 8.88. The van der Waals surface area contributed by atoms with Crippen LogP contribution in [0.1, 0.15) is 296 Å². The normalized spacial score (nSPS) is 13.5. The zero-order chi connectivity index (χ0) is 50.5. The van der Waals surface area contributed by atoms with Gasteiger partial charge in [-0.15, -0.1) is 0 Å². The van der Waals surface area contributed by atoms with Gasteiger partial charge in [-0.05, 0) is 44.9 Å². The third-order valence-electron chi connectivity index (χ3n) is 13.5. The minimum absolute atomic E-state index is 0.0293. The number of esters is 1. The van der Waals surface area contributed by atoms with E-state index in [0.29, 0.717) is 24.1 Å². The maximum absolute atomic E-state index is 12.8. The first kappa shape index (κ1) is 68.0. The zero-order valence-electron chi connectivity index (χ0n) is 46.8. The second-order valence-electron chi connectivity index (χ2n) is 21.7. The molecule has 0 bridgehead atoms. The number of hydrogen-bond donors (Lipinski definition) is 0. The van der Waals surface area contributed by atoms with E-state index in [2.05, 4.69) is 38.2 Å². The summed E-state index contributed by atoms with van der Waals surface area (Å²) in [5.74, 6) is -0.326. The molecule has 410 valence electrons. The Morgan fingerprint density at radius 1 is 0.449 bits per heavy atom. The lowest BCUT2D eigenvalue weighted by molar-refractivity contribution is -0.870. The van der Waals surface area contributed by atoms with Gasteiger partial charge in [-0.3, -0.25) is 9.36 Å². The third-order valence-corrected chi connectivity index (χ3v) is 14.5. The van der Waals surface area contributed by atoms with Crippen LogP contribution in [0.3, 0.4) is 0 Å². The van der Waals surface area contributed by atoms with Crippen LogP contribution in [-0.4, -0.2) is 70.7 Å². The van der Waals surface area contributed by atoms with Crippen molar-refractivity contribution >= 4 is 13.8 Å². The molecule has 9 heteroatoms. The van der Waals surface area contributed by atoms with E-state index in [0.717, 1.165) is 38.5 Å². The number of ether oxygens (including phenoxy) is 2.